The van der Waals surface area contributed by atoms with E-state index in [0.29, 0.717) is 23.4 Å². The number of aromatic nitrogens is 2. The smallest absolute Gasteiger partial charge is 0.265 e. The van der Waals surface area contributed by atoms with Gasteiger partial charge in [-0.15, -0.1) is 5.10 Å². The average molecular weight is 243 g/mol. The minimum absolute atomic E-state index is 0.215. The minimum atomic E-state index is -0.818. The van der Waals surface area contributed by atoms with E-state index in [1.807, 2.05) is 13.8 Å². The van der Waals surface area contributed by atoms with E-state index >= 15 is 0 Å². The zero-order valence-electron chi connectivity index (χ0n) is 9.78. The van der Waals surface area contributed by atoms with E-state index in [0.717, 1.165) is 11.5 Å². The number of nitrogens with zero attached hydrogens (tertiary/aromatic N) is 2. The van der Waals surface area contributed by atoms with Gasteiger partial charge in [0.1, 0.15) is 4.88 Å². The van der Waals surface area contributed by atoms with Crippen LogP contribution in [0.5, 0.6) is 0 Å². The molecule has 16 heavy (non-hydrogen) atoms. The lowest BCUT2D eigenvalue weighted by molar-refractivity contribution is 0.0314. The third-order valence-corrected chi connectivity index (χ3v) is 3.58. The zero-order valence-corrected chi connectivity index (χ0v) is 10.6. The third-order valence-electron chi connectivity index (χ3n) is 2.75. The molecule has 1 aromatic heterocycles. The topological polar surface area (TPSA) is 75.1 Å². The predicted octanol–water partition coefficient (Wildman–Crippen LogP) is 1.13. The molecule has 0 saturated heterocycles. The number of aliphatic hydroxyl groups is 1. The molecule has 0 aliphatic carbocycles. The summed E-state index contributed by atoms with van der Waals surface area (Å²) in [5, 5.41) is 16.5. The van der Waals surface area contributed by atoms with E-state index in [9.17, 15) is 9.90 Å². The first-order chi connectivity index (χ1) is 7.52. The lowest BCUT2D eigenvalue weighted by atomic mass is 9.97. The van der Waals surface area contributed by atoms with E-state index in [4.69, 9.17) is 0 Å². The van der Waals surface area contributed by atoms with Crippen molar-refractivity contribution in [2.45, 2.75) is 39.2 Å². The Labute approximate surface area is 99.0 Å². The van der Waals surface area contributed by atoms with Crippen molar-refractivity contribution < 1.29 is 9.90 Å². The first-order valence-electron chi connectivity index (χ1n) is 5.32. The standard InChI is InChI=1S/C10H17N3O2S/c1-4-10(15,5-2)6-11-9(14)8-7(3)12-13-16-8/h15H,4-6H2,1-3H3,(H,11,14). The Balaban J connectivity index is 2.57. The van der Waals surface area contributed by atoms with E-state index < -0.39 is 5.60 Å². The Morgan fingerprint density at radius 2 is 2.12 bits per heavy atom. The van der Waals surface area contributed by atoms with Gasteiger partial charge in [-0.25, -0.2) is 0 Å². The molecule has 0 radical (unpaired) electrons. The van der Waals surface area contributed by atoms with E-state index in [-0.39, 0.29) is 12.5 Å². The molecule has 0 spiro atoms. The van der Waals surface area contributed by atoms with Gasteiger partial charge in [-0.2, -0.15) is 0 Å². The van der Waals surface area contributed by atoms with Gasteiger partial charge in [0.05, 0.1) is 11.3 Å². The van der Waals surface area contributed by atoms with Crippen molar-refractivity contribution in [3.63, 3.8) is 0 Å². The van der Waals surface area contributed by atoms with Crippen LogP contribution in [0.3, 0.4) is 0 Å². The van der Waals surface area contributed by atoms with Crippen molar-refractivity contribution in [3.8, 4) is 0 Å². The summed E-state index contributed by atoms with van der Waals surface area (Å²) in [5.74, 6) is -0.215. The Hall–Kier alpha value is -1.01. The van der Waals surface area contributed by atoms with Crippen molar-refractivity contribution in [3.05, 3.63) is 10.6 Å². The van der Waals surface area contributed by atoms with Crippen molar-refractivity contribution in [2.24, 2.45) is 0 Å². The summed E-state index contributed by atoms with van der Waals surface area (Å²) in [6.45, 7) is 5.80. The molecule has 0 aliphatic rings. The predicted molar refractivity (Wildman–Crippen MR) is 62.5 cm³/mol. The fourth-order valence-electron chi connectivity index (χ4n) is 1.26. The second kappa shape index (κ2) is 5.36. The highest BCUT2D eigenvalue weighted by molar-refractivity contribution is 7.07. The molecule has 0 aromatic carbocycles. The summed E-state index contributed by atoms with van der Waals surface area (Å²) in [5.41, 5.74) is -0.194. The molecular weight excluding hydrogens is 226 g/mol. The number of rotatable bonds is 5. The molecule has 1 aromatic rings. The maximum atomic E-state index is 11.7. The number of nitrogens with one attached hydrogen (secondary N) is 1. The van der Waals surface area contributed by atoms with E-state index in [1.165, 1.54) is 0 Å². The molecule has 6 heteroatoms. The minimum Gasteiger partial charge on any atom is -0.388 e. The Kier molecular flexibility index (Phi) is 4.37. The molecular formula is C10H17N3O2S. The second-order valence-corrected chi connectivity index (χ2v) is 4.56. The molecule has 1 amide bonds. The first kappa shape index (κ1) is 13.1. The normalized spacial score (nSPS) is 11.5. The van der Waals surface area contributed by atoms with Gasteiger partial charge >= 0.3 is 0 Å². The molecule has 0 atom stereocenters. The summed E-state index contributed by atoms with van der Waals surface area (Å²) in [6.07, 6.45) is 1.23. The third kappa shape index (κ3) is 2.99. The summed E-state index contributed by atoms with van der Waals surface area (Å²) in [7, 11) is 0. The highest BCUT2D eigenvalue weighted by Crippen LogP contribution is 2.14. The Morgan fingerprint density at radius 1 is 1.50 bits per heavy atom. The van der Waals surface area contributed by atoms with Crippen LogP contribution in [-0.4, -0.2) is 32.7 Å². The van der Waals surface area contributed by atoms with Crippen LogP contribution in [0.2, 0.25) is 0 Å². The van der Waals surface area contributed by atoms with Gasteiger partial charge in [0, 0.05) is 6.54 Å². The number of carbonyl (C=O) groups excluding carboxylic acids is 1. The molecule has 1 heterocycles. The monoisotopic (exact) mass is 243 g/mol. The molecule has 0 aliphatic heterocycles. The molecule has 0 saturated carbocycles. The van der Waals surface area contributed by atoms with Crippen LogP contribution >= 0.6 is 11.5 Å². The van der Waals surface area contributed by atoms with Crippen LogP contribution < -0.4 is 5.32 Å². The van der Waals surface area contributed by atoms with Gasteiger partial charge < -0.3 is 10.4 Å². The lowest BCUT2D eigenvalue weighted by Crippen LogP contribution is -2.42. The van der Waals surface area contributed by atoms with Gasteiger partial charge in [0.25, 0.3) is 5.91 Å². The van der Waals surface area contributed by atoms with E-state index in [2.05, 4.69) is 14.9 Å². The molecule has 2 N–H and O–H groups in total. The second-order valence-electron chi connectivity index (χ2n) is 3.80. The first-order valence-corrected chi connectivity index (χ1v) is 6.09. The lowest BCUT2D eigenvalue weighted by Gasteiger charge is -2.25. The van der Waals surface area contributed by atoms with Gasteiger partial charge in [-0.3, -0.25) is 4.79 Å². The van der Waals surface area contributed by atoms with Gasteiger partial charge in [-0.1, -0.05) is 18.3 Å². The maximum Gasteiger partial charge on any atom is 0.265 e. The van der Waals surface area contributed by atoms with Crippen LogP contribution in [-0.2, 0) is 0 Å². The highest BCUT2D eigenvalue weighted by atomic mass is 32.1. The number of hydrogen-bond donors (Lipinski definition) is 2. The summed E-state index contributed by atoms with van der Waals surface area (Å²) in [4.78, 5) is 12.2. The Morgan fingerprint density at radius 3 is 2.56 bits per heavy atom. The fourth-order valence-corrected chi connectivity index (χ4v) is 1.84. The number of amides is 1. The van der Waals surface area contributed by atoms with Gasteiger partial charge in [-0.05, 0) is 31.3 Å². The van der Waals surface area contributed by atoms with Crippen LogP contribution in [0.25, 0.3) is 0 Å². The summed E-state index contributed by atoms with van der Waals surface area (Å²) >= 11 is 1.07. The highest BCUT2D eigenvalue weighted by Gasteiger charge is 2.24. The Bertz CT molecular complexity index is 361. The molecule has 0 unspecified atom stereocenters. The van der Waals surface area contributed by atoms with Gasteiger partial charge in [0.15, 0.2) is 0 Å². The largest absolute Gasteiger partial charge is 0.388 e. The maximum absolute atomic E-state index is 11.7. The SMILES string of the molecule is CCC(O)(CC)CNC(=O)c1snnc1C. The van der Waals surface area contributed by atoms with Crippen molar-refractivity contribution in [1.82, 2.24) is 14.9 Å². The van der Waals surface area contributed by atoms with Crippen LogP contribution in [0.4, 0.5) is 0 Å². The zero-order chi connectivity index (χ0) is 12.2. The van der Waals surface area contributed by atoms with Crippen LogP contribution in [0, 0.1) is 6.92 Å². The van der Waals surface area contributed by atoms with Crippen LogP contribution in [0.15, 0.2) is 0 Å². The molecule has 1 rings (SSSR count). The fraction of sp³-hybridized carbons (Fsp3) is 0.700. The van der Waals surface area contributed by atoms with Gasteiger partial charge in [0.2, 0.25) is 0 Å². The quantitative estimate of drug-likeness (QED) is 0.813. The van der Waals surface area contributed by atoms with Crippen LogP contribution in [0.1, 0.15) is 42.1 Å². The van der Waals surface area contributed by atoms with Crippen molar-refractivity contribution >= 4 is 17.4 Å². The molecule has 0 bridgehead atoms. The number of carbonyl (C=O) groups is 1. The molecule has 0 fully saturated rings. The van der Waals surface area contributed by atoms with Crippen molar-refractivity contribution in [2.75, 3.05) is 6.54 Å². The number of aryl methyl sites for hydroxylation is 1. The summed E-state index contributed by atoms with van der Waals surface area (Å²) in [6, 6.07) is 0. The summed E-state index contributed by atoms with van der Waals surface area (Å²) < 4.78 is 3.70. The van der Waals surface area contributed by atoms with E-state index in [1.54, 1.807) is 6.92 Å². The molecule has 90 valence electrons. The van der Waals surface area contributed by atoms with Crippen molar-refractivity contribution in [1.29, 1.82) is 0 Å². The molecule has 5 nitrogen and oxygen atoms in total. The average Bonchev–Trinajstić information content (AvgIpc) is 2.72. The number of hydrogen-bond acceptors (Lipinski definition) is 5.